The molecule has 2 N–H and O–H groups in total. The highest BCUT2D eigenvalue weighted by molar-refractivity contribution is 5.28. The SMILES string of the molecule is CNCc1nc(Cc2cccc(C)c2)c(C)[nH]1. The summed E-state index contributed by atoms with van der Waals surface area (Å²) in [7, 11) is 1.93. The van der Waals surface area contributed by atoms with Gasteiger partial charge in [-0.2, -0.15) is 0 Å². The first-order valence-corrected chi connectivity index (χ1v) is 5.93. The first kappa shape index (κ1) is 11.9. The molecule has 2 aromatic rings. The zero-order valence-corrected chi connectivity index (χ0v) is 10.7. The zero-order chi connectivity index (χ0) is 12.3. The first-order chi connectivity index (χ1) is 8.19. The van der Waals surface area contributed by atoms with Gasteiger partial charge in [-0.3, -0.25) is 0 Å². The van der Waals surface area contributed by atoms with Gasteiger partial charge in [-0.15, -0.1) is 0 Å². The van der Waals surface area contributed by atoms with Crippen molar-refractivity contribution in [3.63, 3.8) is 0 Å². The van der Waals surface area contributed by atoms with Gasteiger partial charge in [0.2, 0.25) is 0 Å². The number of aryl methyl sites for hydroxylation is 2. The van der Waals surface area contributed by atoms with Crippen LogP contribution < -0.4 is 5.32 Å². The summed E-state index contributed by atoms with van der Waals surface area (Å²) in [4.78, 5) is 7.91. The van der Waals surface area contributed by atoms with Crippen LogP contribution in [-0.2, 0) is 13.0 Å². The van der Waals surface area contributed by atoms with E-state index in [9.17, 15) is 0 Å². The molecule has 1 heterocycles. The average Bonchev–Trinajstić information content (AvgIpc) is 2.60. The molecule has 2 rings (SSSR count). The lowest BCUT2D eigenvalue weighted by atomic mass is 10.1. The van der Waals surface area contributed by atoms with Crippen molar-refractivity contribution in [2.75, 3.05) is 7.05 Å². The van der Waals surface area contributed by atoms with E-state index in [2.05, 4.69) is 53.4 Å². The summed E-state index contributed by atoms with van der Waals surface area (Å²) in [6.07, 6.45) is 0.897. The van der Waals surface area contributed by atoms with Gasteiger partial charge in [0.05, 0.1) is 12.2 Å². The van der Waals surface area contributed by atoms with Gasteiger partial charge in [0.25, 0.3) is 0 Å². The van der Waals surface area contributed by atoms with Crippen molar-refractivity contribution in [2.45, 2.75) is 26.8 Å². The summed E-state index contributed by atoms with van der Waals surface area (Å²) in [6.45, 7) is 4.99. The Kier molecular flexibility index (Phi) is 3.59. The third kappa shape index (κ3) is 2.94. The van der Waals surface area contributed by atoms with Crippen LogP contribution in [0.25, 0.3) is 0 Å². The van der Waals surface area contributed by atoms with Gasteiger partial charge in [0, 0.05) is 12.1 Å². The maximum Gasteiger partial charge on any atom is 0.120 e. The van der Waals surface area contributed by atoms with E-state index in [0.29, 0.717) is 0 Å². The number of H-pyrrole nitrogens is 1. The molecule has 0 amide bonds. The van der Waals surface area contributed by atoms with Crippen LogP contribution in [0.5, 0.6) is 0 Å². The van der Waals surface area contributed by atoms with Gasteiger partial charge in [-0.05, 0) is 26.5 Å². The number of aromatic amines is 1. The van der Waals surface area contributed by atoms with E-state index in [0.717, 1.165) is 30.2 Å². The van der Waals surface area contributed by atoms with Crippen molar-refractivity contribution in [1.82, 2.24) is 15.3 Å². The predicted octanol–water partition coefficient (Wildman–Crippen LogP) is 2.34. The maximum atomic E-state index is 4.61. The Morgan fingerprint density at radius 3 is 2.82 bits per heavy atom. The quantitative estimate of drug-likeness (QED) is 0.845. The van der Waals surface area contributed by atoms with Crippen LogP contribution >= 0.6 is 0 Å². The molecule has 1 aromatic heterocycles. The van der Waals surface area contributed by atoms with Gasteiger partial charge in [0.15, 0.2) is 0 Å². The van der Waals surface area contributed by atoms with E-state index in [1.54, 1.807) is 0 Å². The van der Waals surface area contributed by atoms with Crippen LogP contribution in [0.1, 0.15) is 28.3 Å². The minimum Gasteiger partial charge on any atom is -0.345 e. The minimum atomic E-state index is 0.786. The standard InChI is InChI=1S/C14H19N3/c1-10-5-4-6-12(7-10)8-13-11(2)16-14(17-13)9-15-3/h4-7,15H,8-9H2,1-3H3,(H,16,17). The third-order valence-electron chi connectivity index (χ3n) is 2.83. The van der Waals surface area contributed by atoms with Crippen molar-refractivity contribution in [3.05, 3.63) is 52.6 Å². The molecule has 0 unspecified atom stereocenters. The largest absolute Gasteiger partial charge is 0.345 e. The maximum absolute atomic E-state index is 4.61. The van der Waals surface area contributed by atoms with Gasteiger partial charge >= 0.3 is 0 Å². The van der Waals surface area contributed by atoms with E-state index >= 15 is 0 Å². The Morgan fingerprint density at radius 1 is 1.29 bits per heavy atom. The molecule has 0 fully saturated rings. The average molecular weight is 229 g/mol. The Morgan fingerprint density at radius 2 is 2.12 bits per heavy atom. The molecule has 90 valence electrons. The topological polar surface area (TPSA) is 40.7 Å². The Bertz CT molecular complexity index is 500. The number of aromatic nitrogens is 2. The van der Waals surface area contributed by atoms with Crippen molar-refractivity contribution in [1.29, 1.82) is 0 Å². The number of hydrogen-bond donors (Lipinski definition) is 2. The summed E-state index contributed by atoms with van der Waals surface area (Å²) in [6, 6.07) is 8.58. The number of benzene rings is 1. The lowest BCUT2D eigenvalue weighted by molar-refractivity contribution is 0.768. The monoisotopic (exact) mass is 229 g/mol. The minimum absolute atomic E-state index is 0.786. The summed E-state index contributed by atoms with van der Waals surface area (Å²) in [5, 5.41) is 3.10. The molecule has 0 aliphatic carbocycles. The van der Waals surface area contributed by atoms with E-state index in [4.69, 9.17) is 0 Å². The van der Waals surface area contributed by atoms with Crippen LogP contribution in [-0.4, -0.2) is 17.0 Å². The summed E-state index contributed by atoms with van der Waals surface area (Å²) >= 11 is 0. The smallest absolute Gasteiger partial charge is 0.120 e. The lowest BCUT2D eigenvalue weighted by Gasteiger charge is -2.01. The normalized spacial score (nSPS) is 10.8. The number of nitrogens with one attached hydrogen (secondary N) is 2. The molecule has 17 heavy (non-hydrogen) atoms. The third-order valence-corrected chi connectivity index (χ3v) is 2.83. The van der Waals surface area contributed by atoms with Crippen molar-refractivity contribution < 1.29 is 0 Å². The van der Waals surface area contributed by atoms with E-state index in [-0.39, 0.29) is 0 Å². The molecule has 3 nitrogen and oxygen atoms in total. The highest BCUT2D eigenvalue weighted by Gasteiger charge is 2.06. The molecular formula is C14H19N3. The fourth-order valence-corrected chi connectivity index (χ4v) is 2.00. The van der Waals surface area contributed by atoms with Crippen molar-refractivity contribution >= 4 is 0 Å². The Balaban J connectivity index is 2.18. The molecule has 0 spiro atoms. The van der Waals surface area contributed by atoms with Crippen LogP contribution in [0.2, 0.25) is 0 Å². The summed E-state index contributed by atoms with van der Waals surface area (Å²) < 4.78 is 0. The fourth-order valence-electron chi connectivity index (χ4n) is 2.00. The number of nitrogens with zero attached hydrogens (tertiary/aromatic N) is 1. The molecular weight excluding hydrogens is 210 g/mol. The molecule has 0 atom stereocenters. The molecule has 0 radical (unpaired) electrons. The van der Waals surface area contributed by atoms with E-state index in [1.807, 2.05) is 7.05 Å². The summed E-state index contributed by atoms with van der Waals surface area (Å²) in [5.74, 6) is 1.01. The number of imidazole rings is 1. The van der Waals surface area contributed by atoms with Gasteiger partial charge in [-0.25, -0.2) is 4.98 Å². The van der Waals surface area contributed by atoms with Gasteiger partial charge in [-0.1, -0.05) is 29.8 Å². The second-order valence-electron chi connectivity index (χ2n) is 4.45. The van der Waals surface area contributed by atoms with Crippen molar-refractivity contribution in [2.24, 2.45) is 0 Å². The lowest BCUT2D eigenvalue weighted by Crippen LogP contribution is -2.06. The van der Waals surface area contributed by atoms with Gasteiger partial charge < -0.3 is 10.3 Å². The molecule has 1 aromatic carbocycles. The molecule has 0 bridgehead atoms. The summed E-state index contributed by atoms with van der Waals surface area (Å²) in [5.41, 5.74) is 4.92. The second-order valence-corrected chi connectivity index (χ2v) is 4.45. The number of rotatable bonds is 4. The van der Waals surface area contributed by atoms with E-state index < -0.39 is 0 Å². The van der Waals surface area contributed by atoms with Crippen LogP contribution in [0.4, 0.5) is 0 Å². The number of hydrogen-bond acceptors (Lipinski definition) is 2. The highest BCUT2D eigenvalue weighted by atomic mass is 15.0. The van der Waals surface area contributed by atoms with Crippen molar-refractivity contribution in [3.8, 4) is 0 Å². The molecule has 0 aliphatic rings. The highest BCUT2D eigenvalue weighted by Crippen LogP contribution is 2.13. The molecule has 3 heteroatoms. The zero-order valence-electron chi connectivity index (χ0n) is 10.7. The molecule has 0 saturated carbocycles. The van der Waals surface area contributed by atoms with Gasteiger partial charge in [0.1, 0.15) is 5.82 Å². The van der Waals surface area contributed by atoms with Crippen LogP contribution in [0.3, 0.4) is 0 Å². The predicted molar refractivity (Wildman–Crippen MR) is 70.1 cm³/mol. The first-order valence-electron chi connectivity index (χ1n) is 5.93. The van der Waals surface area contributed by atoms with E-state index in [1.165, 1.54) is 11.1 Å². The van der Waals surface area contributed by atoms with Crippen LogP contribution in [0, 0.1) is 13.8 Å². The Labute approximate surface area is 102 Å². The second kappa shape index (κ2) is 5.15. The molecule has 0 saturated heterocycles. The van der Waals surface area contributed by atoms with Crippen LogP contribution in [0.15, 0.2) is 24.3 Å². The molecule has 0 aliphatic heterocycles. The Hall–Kier alpha value is -1.61. The fraction of sp³-hybridized carbons (Fsp3) is 0.357.